The first kappa shape index (κ1) is 19.3. The molecule has 3 rings (SSSR count). The quantitative estimate of drug-likeness (QED) is 0.648. The molecule has 0 saturated carbocycles. The van der Waals surface area contributed by atoms with Crippen LogP contribution in [-0.4, -0.2) is 22.5 Å². The van der Waals surface area contributed by atoms with Crippen LogP contribution in [0.2, 0.25) is 0 Å². The Morgan fingerprint density at radius 2 is 1.79 bits per heavy atom. The fourth-order valence-electron chi connectivity index (χ4n) is 2.57. The average molecular weight is 380 g/mol. The summed E-state index contributed by atoms with van der Waals surface area (Å²) >= 11 is 0. The Morgan fingerprint density at radius 3 is 2.46 bits per heavy atom. The zero-order chi connectivity index (χ0) is 19.9. The molecule has 1 heterocycles. The highest BCUT2D eigenvalue weighted by Crippen LogP contribution is 2.19. The largest absolute Gasteiger partial charge is 0.494 e. The van der Waals surface area contributed by atoms with Gasteiger partial charge in [0.1, 0.15) is 28.9 Å². The number of benzene rings is 2. The van der Waals surface area contributed by atoms with Gasteiger partial charge in [0.2, 0.25) is 0 Å². The zero-order valence-electron chi connectivity index (χ0n) is 15.7. The first-order valence-corrected chi connectivity index (χ1v) is 8.91. The fourth-order valence-corrected chi connectivity index (χ4v) is 2.57. The molecule has 2 N–H and O–H groups in total. The van der Waals surface area contributed by atoms with Crippen LogP contribution in [0.25, 0.3) is 0 Å². The Bertz CT molecular complexity index is 944. The number of carbonyl (C=O) groups is 1. The van der Waals surface area contributed by atoms with Gasteiger partial charge in [-0.15, -0.1) is 0 Å². The molecule has 2 aromatic carbocycles. The van der Waals surface area contributed by atoms with Gasteiger partial charge in [0.25, 0.3) is 5.91 Å². The Morgan fingerprint density at radius 1 is 1.07 bits per heavy atom. The van der Waals surface area contributed by atoms with E-state index in [9.17, 15) is 9.18 Å². The van der Waals surface area contributed by atoms with Crippen molar-refractivity contribution < 1.29 is 13.9 Å². The van der Waals surface area contributed by atoms with Crippen LogP contribution < -0.4 is 15.4 Å². The van der Waals surface area contributed by atoms with Crippen molar-refractivity contribution in [1.29, 1.82) is 0 Å². The van der Waals surface area contributed by atoms with Crippen molar-refractivity contribution in [1.82, 2.24) is 15.3 Å². The number of hydrogen-bond acceptors (Lipinski definition) is 5. The molecule has 1 aromatic heterocycles. The van der Waals surface area contributed by atoms with E-state index in [-0.39, 0.29) is 24.0 Å². The maximum Gasteiger partial charge on any atom is 0.270 e. The molecule has 0 aliphatic carbocycles. The lowest BCUT2D eigenvalue weighted by molar-refractivity contribution is 0.0945. The van der Waals surface area contributed by atoms with Crippen molar-refractivity contribution in [3.8, 4) is 5.75 Å². The van der Waals surface area contributed by atoms with Crippen LogP contribution in [0.4, 0.5) is 15.9 Å². The first-order chi connectivity index (χ1) is 13.5. The second kappa shape index (κ2) is 8.94. The number of amides is 1. The predicted octanol–water partition coefficient (Wildman–Crippen LogP) is 4.00. The highest BCUT2D eigenvalue weighted by molar-refractivity contribution is 5.93. The lowest BCUT2D eigenvalue weighted by atomic mass is 10.2. The summed E-state index contributed by atoms with van der Waals surface area (Å²) in [6.07, 6.45) is 0. The normalized spacial score (nSPS) is 10.4. The van der Waals surface area contributed by atoms with Crippen molar-refractivity contribution in [2.45, 2.75) is 20.4 Å². The fraction of sp³-hybridized carbons (Fsp3) is 0.190. The van der Waals surface area contributed by atoms with Crippen molar-refractivity contribution in [2.24, 2.45) is 0 Å². The highest BCUT2D eigenvalue weighted by atomic mass is 19.1. The molecule has 28 heavy (non-hydrogen) atoms. The molecular formula is C21H21FN4O2. The van der Waals surface area contributed by atoms with Gasteiger partial charge >= 0.3 is 0 Å². The number of ether oxygens (including phenoxy) is 1. The summed E-state index contributed by atoms with van der Waals surface area (Å²) in [6.45, 7) is 4.54. The van der Waals surface area contributed by atoms with Crippen molar-refractivity contribution >= 4 is 17.4 Å². The van der Waals surface area contributed by atoms with Crippen molar-refractivity contribution in [3.05, 3.63) is 77.5 Å². The van der Waals surface area contributed by atoms with Crippen LogP contribution in [-0.2, 0) is 6.54 Å². The molecular weight excluding hydrogens is 359 g/mol. The van der Waals surface area contributed by atoms with Crippen LogP contribution in [0.3, 0.4) is 0 Å². The number of rotatable bonds is 7. The molecule has 3 aromatic rings. The molecule has 0 spiro atoms. The molecule has 0 unspecified atom stereocenters. The Balaban J connectivity index is 1.67. The Labute approximate surface area is 162 Å². The standard InChI is InChI=1S/C21H21FN4O2/c1-3-28-18-10-8-17(9-11-18)26-20-12-19(24-14(2)25-20)21(27)23-13-15-4-6-16(22)7-5-15/h4-12H,3,13H2,1-2H3,(H,23,27)(H,24,25,26). The van der Waals surface area contributed by atoms with Gasteiger partial charge in [0, 0.05) is 18.3 Å². The van der Waals surface area contributed by atoms with E-state index in [2.05, 4.69) is 20.6 Å². The molecule has 7 heteroatoms. The Kier molecular flexibility index (Phi) is 6.16. The summed E-state index contributed by atoms with van der Waals surface area (Å²) in [5, 5.41) is 5.94. The third-order valence-electron chi connectivity index (χ3n) is 3.87. The topological polar surface area (TPSA) is 76.1 Å². The van der Waals surface area contributed by atoms with E-state index in [1.54, 1.807) is 25.1 Å². The molecule has 6 nitrogen and oxygen atoms in total. The SMILES string of the molecule is CCOc1ccc(Nc2cc(C(=O)NCc3ccc(F)cc3)nc(C)n2)cc1. The van der Waals surface area contributed by atoms with Crippen LogP contribution in [0.15, 0.2) is 54.6 Å². The van der Waals surface area contributed by atoms with Crippen LogP contribution >= 0.6 is 0 Å². The minimum Gasteiger partial charge on any atom is -0.494 e. The summed E-state index contributed by atoms with van der Waals surface area (Å²) in [5.41, 5.74) is 1.87. The summed E-state index contributed by atoms with van der Waals surface area (Å²) in [6, 6.07) is 15.0. The van der Waals surface area contributed by atoms with Gasteiger partial charge < -0.3 is 15.4 Å². The van der Waals surface area contributed by atoms with Crippen LogP contribution in [0.5, 0.6) is 5.75 Å². The van der Waals surface area contributed by atoms with E-state index in [0.717, 1.165) is 17.0 Å². The Hall–Kier alpha value is -3.48. The molecule has 0 bridgehead atoms. The molecule has 0 radical (unpaired) electrons. The number of hydrogen-bond donors (Lipinski definition) is 2. The molecule has 1 amide bonds. The maximum atomic E-state index is 13.0. The molecule has 0 fully saturated rings. The van der Waals surface area contributed by atoms with Gasteiger partial charge in [0.05, 0.1) is 6.61 Å². The summed E-state index contributed by atoms with van der Waals surface area (Å²) in [4.78, 5) is 21.0. The number of aromatic nitrogens is 2. The van der Waals surface area contributed by atoms with Gasteiger partial charge in [-0.1, -0.05) is 12.1 Å². The van der Waals surface area contributed by atoms with Crippen LogP contribution in [0, 0.1) is 12.7 Å². The molecule has 0 atom stereocenters. The molecule has 144 valence electrons. The molecule has 0 aliphatic heterocycles. The van der Waals surface area contributed by atoms with Gasteiger partial charge in [-0.3, -0.25) is 4.79 Å². The second-order valence-corrected chi connectivity index (χ2v) is 6.08. The van der Waals surface area contributed by atoms with E-state index in [1.807, 2.05) is 31.2 Å². The van der Waals surface area contributed by atoms with Gasteiger partial charge in [-0.25, -0.2) is 14.4 Å². The number of aryl methyl sites for hydroxylation is 1. The smallest absolute Gasteiger partial charge is 0.270 e. The van der Waals surface area contributed by atoms with Crippen molar-refractivity contribution in [3.63, 3.8) is 0 Å². The van der Waals surface area contributed by atoms with Gasteiger partial charge in [0.15, 0.2) is 0 Å². The third-order valence-corrected chi connectivity index (χ3v) is 3.87. The lowest BCUT2D eigenvalue weighted by Gasteiger charge is -2.10. The van der Waals surface area contributed by atoms with E-state index in [0.29, 0.717) is 18.2 Å². The number of carbonyl (C=O) groups excluding carboxylic acids is 1. The van der Waals surface area contributed by atoms with E-state index in [1.165, 1.54) is 12.1 Å². The highest BCUT2D eigenvalue weighted by Gasteiger charge is 2.11. The maximum absolute atomic E-state index is 13.0. The van der Waals surface area contributed by atoms with Gasteiger partial charge in [-0.2, -0.15) is 0 Å². The number of nitrogens with one attached hydrogen (secondary N) is 2. The zero-order valence-corrected chi connectivity index (χ0v) is 15.7. The minimum absolute atomic E-state index is 0.253. The summed E-state index contributed by atoms with van der Waals surface area (Å²) in [5.74, 6) is 1.13. The van der Waals surface area contributed by atoms with E-state index >= 15 is 0 Å². The minimum atomic E-state index is -0.329. The lowest BCUT2D eigenvalue weighted by Crippen LogP contribution is -2.24. The summed E-state index contributed by atoms with van der Waals surface area (Å²) < 4.78 is 18.4. The van der Waals surface area contributed by atoms with Crippen molar-refractivity contribution in [2.75, 3.05) is 11.9 Å². The third kappa shape index (κ3) is 5.26. The first-order valence-electron chi connectivity index (χ1n) is 8.91. The second-order valence-electron chi connectivity index (χ2n) is 6.08. The molecule has 0 saturated heterocycles. The molecule has 0 aliphatic rings. The number of anilines is 2. The number of halogens is 1. The monoisotopic (exact) mass is 380 g/mol. The average Bonchev–Trinajstić information content (AvgIpc) is 2.68. The predicted molar refractivity (Wildman–Crippen MR) is 105 cm³/mol. The van der Waals surface area contributed by atoms with Gasteiger partial charge in [-0.05, 0) is 55.8 Å². The van der Waals surface area contributed by atoms with E-state index < -0.39 is 0 Å². The van der Waals surface area contributed by atoms with E-state index in [4.69, 9.17) is 4.74 Å². The van der Waals surface area contributed by atoms with Crippen LogP contribution in [0.1, 0.15) is 28.8 Å². The summed E-state index contributed by atoms with van der Waals surface area (Å²) in [7, 11) is 0. The number of nitrogens with zero attached hydrogens (tertiary/aromatic N) is 2.